The molecular weight excluding hydrogens is 401 g/mol. The number of nitrogens with one attached hydrogen (secondary N) is 1. The van der Waals surface area contributed by atoms with Crippen LogP contribution in [0, 0.1) is 3.57 Å². The Morgan fingerprint density at radius 1 is 0.957 bits per heavy atom. The normalized spacial score (nSPS) is 10.8. The zero-order valence-corrected chi connectivity index (χ0v) is 14.2. The largest absolute Gasteiger partial charge is 0.339 e. The highest BCUT2D eigenvalue weighted by Crippen LogP contribution is 2.19. The molecule has 6 heteroatoms. The van der Waals surface area contributed by atoms with Gasteiger partial charge in [0, 0.05) is 9.26 Å². The molecule has 0 saturated carbocycles. The van der Waals surface area contributed by atoms with Crippen molar-refractivity contribution in [2.75, 3.05) is 5.32 Å². The van der Waals surface area contributed by atoms with Crippen molar-refractivity contribution in [2.45, 2.75) is 0 Å². The second kappa shape index (κ2) is 5.96. The predicted octanol–water partition coefficient (Wildman–Crippen LogP) is 4.16. The first kappa shape index (κ1) is 14.1. The number of anilines is 2. The van der Waals surface area contributed by atoms with Gasteiger partial charge < -0.3 is 5.32 Å². The summed E-state index contributed by atoms with van der Waals surface area (Å²) in [5.41, 5.74) is 2.92. The van der Waals surface area contributed by atoms with Gasteiger partial charge in [0.15, 0.2) is 11.6 Å². The smallest absolute Gasteiger partial charge is 0.159 e. The third-order valence-electron chi connectivity index (χ3n) is 3.44. The van der Waals surface area contributed by atoms with Crippen LogP contribution in [0.2, 0.25) is 0 Å². The van der Waals surface area contributed by atoms with Gasteiger partial charge in [0.1, 0.15) is 6.33 Å². The lowest BCUT2D eigenvalue weighted by Gasteiger charge is -2.08. The summed E-state index contributed by atoms with van der Waals surface area (Å²) in [6.07, 6.45) is 5.21. The molecule has 0 amide bonds. The van der Waals surface area contributed by atoms with Crippen LogP contribution >= 0.6 is 22.6 Å². The van der Waals surface area contributed by atoms with E-state index in [1.54, 1.807) is 18.7 Å². The van der Waals surface area contributed by atoms with Crippen LogP contribution in [0.4, 0.5) is 11.5 Å². The van der Waals surface area contributed by atoms with Gasteiger partial charge in [-0.25, -0.2) is 9.97 Å². The van der Waals surface area contributed by atoms with Crippen molar-refractivity contribution < 1.29 is 0 Å². The lowest BCUT2D eigenvalue weighted by molar-refractivity contribution is 0.999. The first-order valence-corrected chi connectivity index (χ1v) is 8.14. The summed E-state index contributed by atoms with van der Waals surface area (Å²) in [7, 11) is 0. The first-order valence-electron chi connectivity index (χ1n) is 7.07. The molecule has 4 aromatic rings. The van der Waals surface area contributed by atoms with Crippen molar-refractivity contribution in [2.24, 2.45) is 0 Å². The summed E-state index contributed by atoms with van der Waals surface area (Å²) in [5, 5.41) is 3.27. The van der Waals surface area contributed by atoms with Crippen molar-refractivity contribution in [1.82, 2.24) is 19.5 Å². The Morgan fingerprint density at radius 3 is 2.65 bits per heavy atom. The Hall–Kier alpha value is -2.48. The zero-order chi connectivity index (χ0) is 15.6. The summed E-state index contributed by atoms with van der Waals surface area (Å²) in [5.74, 6) is 1.43. The second-order valence-corrected chi connectivity index (χ2v) is 6.24. The maximum Gasteiger partial charge on any atom is 0.159 e. The molecule has 0 aliphatic carbocycles. The van der Waals surface area contributed by atoms with E-state index in [0.29, 0.717) is 5.82 Å². The van der Waals surface area contributed by atoms with Crippen LogP contribution in [0.5, 0.6) is 0 Å². The molecule has 1 N–H and O–H groups in total. The van der Waals surface area contributed by atoms with Gasteiger partial charge in [-0.05, 0) is 59.0 Å². The van der Waals surface area contributed by atoms with E-state index in [4.69, 9.17) is 0 Å². The highest BCUT2D eigenvalue weighted by molar-refractivity contribution is 14.1. The molecule has 2 heterocycles. The fourth-order valence-corrected chi connectivity index (χ4v) is 2.71. The molecule has 0 fully saturated rings. The minimum Gasteiger partial charge on any atom is -0.339 e. The SMILES string of the molecule is Ic1ccc(Nc2cncc(-n3cnc4ccccc43)n2)cc1. The van der Waals surface area contributed by atoms with E-state index in [1.807, 2.05) is 53.1 Å². The number of imidazole rings is 1. The van der Waals surface area contributed by atoms with Gasteiger partial charge in [-0.15, -0.1) is 0 Å². The van der Waals surface area contributed by atoms with Crippen molar-refractivity contribution in [3.63, 3.8) is 0 Å². The van der Waals surface area contributed by atoms with Gasteiger partial charge in [0.2, 0.25) is 0 Å². The number of para-hydroxylation sites is 2. The number of hydrogen-bond donors (Lipinski definition) is 1. The van der Waals surface area contributed by atoms with Gasteiger partial charge in [0.05, 0.1) is 23.4 Å². The second-order valence-electron chi connectivity index (χ2n) is 5.00. The molecule has 23 heavy (non-hydrogen) atoms. The Kier molecular flexibility index (Phi) is 3.66. The highest BCUT2D eigenvalue weighted by Gasteiger charge is 2.06. The average Bonchev–Trinajstić information content (AvgIpc) is 3.01. The van der Waals surface area contributed by atoms with E-state index in [-0.39, 0.29) is 0 Å². The highest BCUT2D eigenvalue weighted by atomic mass is 127. The molecule has 0 aliphatic heterocycles. The molecule has 2 aromatic carbocycles. The lowest BCUT2D eigenvalue weighted by Crippen LogP contribution is -2.01. The fraction of sp³-hybridized carbons (Fsp3) is 0. The van der Waals surface area contributed by atoms with E-state index in [0.717, 1.165) is 22.5 Å². The van der Waals surface area contributed by atoms with E-state index in [2.05, 4.69) is 42.9 Å². The minimum atomic E-state index is 0.696. The number of rotatable bonds is 3. The van der Waals surface area contributed by atoms with E-state index in [1.165, 1.54) is 3.57 Å². The summed E-state index contributed by atoms with van der Waals surface area (Å²) < 4.78 is 3.12. The van der Waals surface area contributed by atoms with Crippen molar-refractivity contribution in [3.05, 3.63) is 70.8 Å². The average molecular weight is 413 g/mol. The quantitative estimate of drug-likeness (QED) is 0.513. The van der Waals surface area contributed by atoms with Crippen molar-refractivity contribution in [1.29, 1.82) is 0 Å². The molecule has 0 aliphatic rings. The van der Waals surface area contributed by atoms with Crippen LogP contribution in [-0.4, -0.2) is 19.5 Å². The predicted molar refractivity (Wildman–Crippen MR) is 99.1 cm³/mol. The molecule has 0 bridgehead atoms. The first-order chi connectivity index (χ1) is 11.3. The number of nitrogens with zero attached hydrogens (tertiary/aromatic N) is 4. The van der Waals surface area contributed by atoms with Gasteiger partial charge in [0.25, 0.3) is 0 Å². The van der Waals surface area contributed by atoms with Gasteiger partial charge in [-0.2, -0.15) is 0 Å². The van der Waals surface area contributed by atoms with Crippen LogP contribution in [0.15, 0.2) is 67.3 Å². The molecule has 0 spiro atoms. The topological polar surface area (TPSA) is 55.6 Å². The van der Waals surface area contributed by atoms with Crippen LogP contribution < -0.4 is 5.32 Å². The molecule has 0 atom stereocenters. The molecular formula is C17H12IN5. The van der Waals surface area contributed by atoms with E-state index >= 15 is 0 Å². The van der Waals surface area contributed by atoms with E-state index in [9.17, 15) is 0 Å². The van der Waals surface area contributed by atoms with Crippen molar-refractivity contribution in [3.8, 4) is 5.82 Å². The number of aromatic nitrogens is 4. The van der Waals surface area contributed by atoms with Gasteiger partial charge in [-0.1, -0.05) is 12.1 Å². The number of benzene rings is 2. The number of halogens is 1. The molecule has 0 radical (unpaired) electrons. The summed E-state index contributed by atoms with van der Waals surface area (Å²) in [6, 6.07) is 16.1. The molecule has 0 saturated heterocycles. The Balaban J connectivity index is 1.70. The molecule has 112 valence electrons. The maximum atomic E-state index is 4.63. The Morgan fingerprint density at radius 2 is 1.78 bits per heavy atom. The zero-order valence-electron chi connectivity index (χ0n) is 12.0. The van der Waals surface area contributed by atoms with Crippen LogP contribution in [-0.2, 0) is 0 Å². The van der Waals surface area contributed by atoms with E-state index < -0.39 is 0 Å². The molecule has 5 nitrogen and oxygen atoms in total. The number of fused-ring (bicyclic) bond motifs is 1. The van der Waals surface area contributed by atoms with Crippen LogP contribution in [0.3, 0.4) is 0 Å². The Bertz CT molecular complexity index is 962. The lowest BCUT2D eigenvalue weighted by atomic mass is 10.3. The number of hydrogen-bond acceptors (Lipinski definition) is 4. The third kappa shape index (κ3) is 2.89. The van der Waals surface area contributed by atoms with Crippen LogP contribution in [0.1, 0.15) is 0 Å². The maximum absolute atomic E-state index is 4.63. The third-order valence-corrected chi connectivity index (χ3v) is 4.16. The monoisotopic (exact) mass is 413 g/mol. The van der Waals surface area contributed by atoms with Gasteiger partial charge >= 0.3 is 0 Å². The molecule has 2 aromatic heterocycles. The molecule has 4 rings (SSSR count). The van der Waals surface area contributed by atoms with Crippen LogP contribution in [0.25, 0.3) is 16.9 Å². The summed E-state index contributed by atoms with van der Waals surface area (Å²) >= 11 is 2.28. The van der Waals surface area contributed by atoms with Gasteiger partial charge in [-0.3, -0.25) is 9.55 Å². The Labute approximate surface area is 146 Å². The summed E-state index contributed by atoms with van der Waals surface area (Å²) in [6.45, 7) is 0. The standard InChI is InChI=1S/C17H12IN5/c18-12-5-7-13(8-6-12)21-16-9-19-10-17(22-16)23-11-20-14-3-1-2-4-15(14)23/h1-11H,(H,21,22). The fourth-order valence-electron chi connectivity index (χ4n) is 2.35. The molecule has 0 unspecified atom stereocenters. The van der Waals surface area contributed by atoms with Crippen molar-refractivity contribution >= 4 is 45.1 Å². The minimum absolute atomic E-state index is 0.696. The summed E-state index contributed by atoms with van der Waals surface area (Å²) in [4.78, 5) is 13.3.